The second kappa shape index (κ2) is 9.46. The molecule has 0 unspecified atom stereocenters. The van der Waals surface area contributed by atoms with Gasteiger partial charge in [0.05, 0.1) is 18.0 Å². The van der Waals surface area contributed by atoms with Gasteiger partial charge in [-0.05, 0) is 43.7 Å². The lowest BCUT2D eigenvalue weighted by Gasteiger charge is -2.29. The summed E-state index contributed by atoms with van der Waals surface area (Å²) >= 11 is 1.61. The minimum Gasteiger partial charge on any atom is -0.494 e. The van der Waals surface area contributed by atoms with Crippen LogP contribution < -0.4 is 14.4 Å². The molecule has 1 aromatic heterocycles. The number of hydrogen-bond acceptors (Lipinski definition) is 5. The van der Waals surface area contributed by atoms with Crippen molar-refractivity contribution in [3.63, 3.8) is 0 Å². The van der Waals surface area contributed by atoms with Crippen molar-refractivity contribution < 1.29 is 14.3 Å². The molecule has 33 heavy (non-hydrogen) atoms. The number of nitrogens with zero attached hydrogens (tertiary/aromatic N) is 2. The maximum Gasteiger partial charge on any atom is 0.265 e. The lowest BCUT2D eigenvalue weighted by atomic mass is 10.1. The van der Waals surface area contributed by atoms with Crippen LogP contribution in [0.5, 0.6) is 11.5 Å². The second-order valence-electron chi connectivity index (χ2n) is 7.94. The van der Waals surface area contributed by atoms with E-state index in [-0.39, 0.29) is 12.5 Å². The van der Waals surface area contributed by atoms with Crippen LogP contribution in [0, 0.1) is 6.92 Å². The summed E-state index contributed by atoms with van der Waals surface area (Å²) < 4.78 is 11.5. The largest absolute Gasteiger partial charge is 0.494 e. The first kappa shape index (κ1) is 21.2. The number of hydrogen-bond donors (Lipinski definition) is 0. The number of fused-ring (bicyclic) bond motifs is 1. The highest BCUT2D eigenvalue weighted by atomic mass is 32.1. The summed E-state index contributed by atoms with van der Waals surface area (Å²) in [6.07, 6.45) is 0.720. The number of benzene rings is 3. The van der Waals surface area contributed by atoms with Gasteiger partial charge in [-0.25, -0.2) is 4.98 Å². The van der Waals surface area contributed by atoms with Crippen LogP contribution in [0.2, 0.25) is 0 Å². The molecule has 2 heterocycles. The van der Waals surface area contributed by atoms with Crippen molar-refractivity contribution in [2.75, 3.05) is 24.7 Å². The zero-order chi connectivity index (χ0) is 22.6. The number of aromatic nitrogens is 1. The Morgan fingerprint density at radius 2 is 1.85 bits per heavy atom. The van der Waals surface area contributed by atoms with Crippen molar-refractivity contribution in [1.82, 2.24) is 4.98 Å². The molecule has 0 bridgehead atoms. The Bertz CT molecular complexity index is 1250. The molecule has 0 atom stereocenters. The van der Waals surface area contributed by atoms with E-state index in [1.54, 1.807) is 16.2 Å². The number of carbonyl (C=O) groups excluding carboxylic acids is 1. The third kappa shape index (κ3) is 4.76. The van der Waals surface area contributed by atoms with Gasteiger partial charge in [0.1, 0.15) is 16.5 Å². The normalized spacial score (nSPS) is 12.9. The van der Waals surface area contributed by atoms with Crippen LogP contribution in [0.25, 0.3) is 21.8 Å². The van der Waals surface area contributed by atoms with Gasteiger partial charge in [-0.2, -0.15) is 0 Å². The molecule has 3 aromatic carbocycles. The Balaban J connectivity index is 1.31. The number of aryl methyl sites for hydroxylation is 1. The third-order valence-corrected chi connectivity index (χ3v) is 6.43. The van der Waals surface area contributed by atoms with Crippen molar-refractivity contribution >= 4 is 22.9 Å². The molecule has 0 saturated carbocycles. The molecule has 1 amide bonds. The van der Waals surface area contributed by atoms with E-state index in [1.807, 2.05) is 67.6 Å². The molecule has 1 aliphatic heterocycles. The highest BCUT2D eigenvalue weighted by molar-refractivity contribution is 7.13. The monoisotopic (exact) mass is 456 g/mol. The molecule has 4 aromatic rings. The molecule has 0 spiro atoms. The van der Waals surface area contributed by atoms with Gasteiger partial charge in [-0.3, -0.25) is 4.79 Å². The van der Waals surface area contributed by atoms with Gasteiger partial charge in [0, 0.05) is 23.1 Å². The SMILES string of the molecule is Cc1ccc(OCCCN2C(=O)COc3ccc(-c4csc(-c5ccccc5)n4)cc32)cc1. The van der Waals surface area contributed by atoms with E-state index in [4.69, 9.17) is 14.5 Å². The average molecular weight is 457 g/mol. The minimum atomic E-state index is -0.0433. The molecule has 0 radical (unpaired) electrons. The molecule has 5 nitrogen and oxygen atoms in total. The third-order valence-electron chi connectivity index (χ3n) is 5.54. The molecule has 0 aliphatic carbocycles. The first-order valence-electron chi connectivity index (χ1n) is 11.0. The fourth-order valence-electron chi connectivity index (χ4n) is 3.77. The van der Waals surface area contributed by atoms with E-state index in [0.29, 0.717) is 13.2 Å². The van der Waals surface area contributed by atoms with Crippen LogP contribution in [0.3, 0.4) is 0 Å². The maximum absolute atomic E-state index is 12.6. The second-order valence-corrected chi connectivity index (χ2v) is 8.79. The summed E-state index contributed by atoms with van der Waals surface area (Å²) in [5.41, 5.74) is 4.94. The van der Waals surface area contributed by atoms with E-state index in [0.717, 1.165) is 45.4 Å². The summed E-state index contributed by atoms with van der Waals surface area (Å²) in [4.78, 5) is 19.3. The topological polar surface area (TPSA) is 51.7 Å². The molecule has 0 saturated heterocycles. The van der Waals surface area contributed by atoms with E-state index < -0.39 is 0 Å². The van der Waals surface area contributed by atoms with E-state index >= 15 is 0 Å². The van der Waals surface area contributed by atoms with Gasteiger partial charge in [-0.1, -0.05) is 48.0 Å². The predicted molar refractivity (Wildman–Crippen MR) is 132 cm³/mol. The summed E-state index contributed by atoms with van der Waals surface area (Å²) in [5, 5.41) is 3.02. The zero-order valence-corrected chi connectivity index (χ0v) is 19.2. The number of amides is 1. The zero-order valence-electron chi connectivity index (χ0n) is 18.4. The molecule has 166 valence electrons. The Labute approximate surface area is 197 Å². The first-order valence-corrected chi connectivity index (χ1v) is 11.8. The summed E-state index contributed by atoms with van der Waals surface area (Å²) in [6.45, 7) is 3.21. The summed E-state index contributed by atoms with van der Waals surface area (Å²) in [7, 11) is 0. The highest BCUT2D eigenvalue weighted by Crippen LogP contribution is 2.37. The number of anilines is 1. The van der Waals surface area contributed by atoms with Gasteiger partial charge in [0.2, 0.25) is 0 Å². The van der Waals surface area contributed by atoms with Crippen LogP contribution in [0.15, 0.2) is 78.2 Å². The van der Waals surface area contributed by atoms with Gasteiger partial charge in [-0.15, -0.1) is 11.3 Å². The average Bonchev–Trinajstić information content (AvgIpc) is 3.35. The first-order chi connectivity index (χ1) is 16.2. The smallest absolute Gasteiger partial charge is 0.265 e. The van der Waals surface area contributed by atoms with Crippen LogP contribution >= 0.6 is 11.3 Å². The van der Waals surface area contributed by atoms with Crippen LogP contribution in [-0.2, 0) is 4.79 Å². The quantitative estimate of drug-likeness (QED) is 0.321. The van der Waals surface area contributed by atoms with E-state index in [9.17, 15) is 4.79 Å². The molecule has 6 heteroatoms. The van der Waals surface area contributed by atoms with Gasteiger partial charge >= 0.3 is 0 Å². The van der Waals surface area contributed by atoms with Crippen molar-refractivity contribution in [2.24, 2.45) is 0 Å². The minimum absolute atomic E-state index is 0.0433. The van der Waals surface area contributed by atoms with Gasteiger partial charge < -0.3 is 14.4 Å². The van der Waals surface area contributed by atoms with Crippen LogP contribution in [0.1, 0.15) is 12.0 Å². The van der Waals surface area contributed by atoms with E-state index in [2.05, 4.69) is 17.5 Å². The Kier molecular flexibility index (Phi) is 6.09. The van der Waals surface area contributed by atoms with E-state index in [1.165, 1.54) is 5.56 Å². The van der Waals surface area contributed by atoms with Crippen molar-refractivity contribution in [3.8, 4) is 33.3 Å². The molecular formula is C27H24N2O3S. The molecule has 0 N–H and O–H groups in total. The standard InChI is InChI=1S/C27H24N2O3S/c1-19-8-11-22(12-9-19)31-15-5-14-29-24-16-21(10-13-25(24)32-17-26(29)30)23-18-33-27(28-23)20-6-3-2-4-7-20/h2-4,6-13,16,18H,5,14-15,17H2,1H3. The summed E-state index contributed by atoms with van der Waals surface area (Å²) in [6, 6.07) is 24.0. The molecule has 5 rings (SSSR count). The lowest BCUT2D eigenvalue weighted by molar-refractivity contribution is -0.121. The van der Waals surface area contributed by atoms with Gasteiger partial charge in [0.15, 0.2) is 6.61 Å². The van der Waals surface area contributed by atoms with Crippen molar-refractivity contribution in [2.45, 2.75) is 13.3 Å². The van der Waals surface area contributed by atoms with Crippen LogP contribution in [-0.4, -0.2) is 30.6 Å². The Morgan fingerprint density at radius 3 is 2.67 bits per heavy atom. The number of rotatable bonds is 7. The molecule has 0 fully saturated rings. The number of carbonyl (C=O) groups is 1. The molecular weight excluding hydrogens is 432 g/mol. The fraction of sp³-hybridized carbons (Fsp3) is 0.185. The van der Waals surface area contributed by atoms with Crippen molar-refractivity contribution in [3.05, 3.63) is 83.7 Å². The Hall–Kier alpha value is -3.64. The Morgan fingerprint density at radius 1 is 1.03 bits per heavy atom. The highest BCUT2D eigenvalue weighted by Gasteiger charge is 2.26. The fourth-order valence-corrected chi connectivity index (χ4v) is 4.61. The predicted octanol–water partition coefficient (Wildman–Crippen LogP) is 5.98. The number of thiazole rings is 1. The van der Waals surface area contributed by atoms with Crippen molar-refractivity contribution in [1.29, 1.82) is 0 Å². The maximum atomic E-state index is 12.6. The lowest BCUT2D eigenvalue weighted by Crippen LogP contribution is -2.39. The molecule has 1 aliphatic rings. The summed E-state index contributed by atoms with van der Waals surface area (Å²) in [5.74, 6) is 1.52. The van der Waals surface area contributed by atoms with Crippen LogP contribution in [0.4, 0.5) is 5.69 Å². The van der Waals surface area contributed by atoms with Gasteiger partial charge in [0.25, 0.3) is 5.91 Å². The number of ether oxygens (including phenoxy) is 2.